The Morgan fingerprint density at radius 3 is 2.15 bits per heavy atom. The maximum absolute atomic E-state index is 13.4. The van der Waals surface area contributed by atoms with Crippen LogP contribution < -0.4 is 38.1 Å². The van der Waals surface area contributed by atoms with Crippen molar-refractivity contribution in [1.82, 2.24) is 26.6 Å². The number of guanidine groups is 1. The zero-order valence-electron chi connectivity index (χ0n) is 22.4. The first-order valence-electron chi connectivity index (χ1n) is 12.4. The SMILES string of the molecule is CC(=O)C(=O)C(C)NC(=O)C(CCC(N)=O)NC(=O)C(NC(=O)NC(CC(C)C)C(=O)O)C1CCN=C(N)N1. The van der Waals surface area contributed by atoms with Crippen molar-refractivity contribution < 1.29 is 38.7 Å². The van der Waals surface area contributed by atoms with Crippen LogP contribution in [0.1, 0.15) is 53.4 Å². The predicted octanol–water partition coefficient (Wildman–Crippen LogP) is -2.76. The van der Waals surface area contributed by atoms with E-state index in [0.717, 1.165) is 6.92 Å². The number of carbonyl (C=O) groups is 7. The third-order valence-electron chi connectivity index (χ3n) is 5.75. The number of hydrogen-bond donors (Lipinski definition) is 8. The molecule has 0 radical (unpaired) electrons. The summed E-state index contributed by atoms with van der Waals surface area (Å²) in [4.78, 5) is 89.1. The van der Waals surface area contributed by atoms with E-state index in [0.29, 0.717) is 0 Å². The number of rotatable bonds is 15. The van der Waals surface area contributed by atoms with Gasteiger partial charge in [-0.1, -0.05) is 13.8 Å². The van der Waals surface area contributed by atoms with Gasteiger partial charge in [-0.25, -0.2) is 9.59 Å². The van der Waals surface area contributed by atoms with E-state index < -0.39 is 71.5 Å². The number of hydrogen-bond acceptors (Lipinski definition) is 10. The molecule has 5 amide bonds. The van der Waals surface area contributed by atoms with Gasteiger partial charge >= 0.3 is 12.0 Å². The summed E-state index contributed by atoms with van der Waals surface area (Å²) in [5, 5.41) is 21.7. The Hall–Kier alpha value is -4.24. The normalized spacial score (nSPS) is 17.8. The van der Waals surface area contributed by atoms with Crippen LogP contribution in [0.25, 0.3) is 0 Å². The molecule has 0 aromatic carbocycles. The first-order valence-corrected chi connectivity index (χ1v) is 12.4. The lowest BCUT2D eigenvalue weighted by atomic mass is 10.0. The van der Waals surface area contributed by atoms with Gasteiger partial charge in [0, 0.05) is 19.9 Å². The first kappa shape index (κ1) is 32.8. The number of amides is 5. The van der Waals surface area contributed by atoms with Crippen molar-refractivity contribution in [3.05, 3.63) is 0 Å². The number of carbonyl (C=O) groups excluding carboxylic acids is 6. The number of carboxylic acids is 1. The molecule has 1 heterocycles. The fourth-order valence-corrected chi connectivity index (χ4v) is 3.77. The number of Topliss-reactive ketones (excluding diaryl/α,β-unsaturated/α-hetero) is 2. The molecular formula is C23H38N8O8. The molecule has 5 unspecified atom stereocenters. The highest BCUT2D eigenvalue weighted by molar-refractivity contribution is 6.38. The number of nitrogens with two attached hydrogens (primary N) is 2. The van der Waals surface area contributed by atoms with E-state index in [-0.39, 0.29) is 44.1 Å². The molecule has 0 fully saturated rings. The third-order valence-corrected chi connectivity index (χ3v) is 5.75. The summed E-state index contributed by atoms with van der Waals surface area (Å²) < 4.78 is 0. The Bertz CT molecular complexity index is 999. The molecular weight excluding hydrogens is 516 g/mol. The highest BCUT2D eigenvalue weighted by Crippen LogP contribution is 2.09. The van der Waals surface area contributed by atoms with Gasteiger partial charge in [0.2, 0.25) is 23.5 Å². The molecule has 0 spiro atoms. The lowest BCUT2D eigenvalue weighted by molar-refractivity contribution is -0.139. The zero-order valence-corrected chi connectivity index (χ0v) is 22.4. The number of nitrogens with zero attached hydrogens (tertiary/aromatic N) is 1. The molecule has 0 aromatic rings. The second-order valence-electron chi connectivity index (χ2n) is 9.64. The number of urea groups is 1. The van der Waals surface area contributed by atoms with Crippen molar-refractivity contribution in [1.29, 1.82) is 0 Å². The summed E-state index contributed by atoms with van der Waals surface area (Å²) in [6.45, 7) is 6.11. The topological polar surface area (TPSA) is 264 Å². The minimum absolute atomic E-state index is 0.00840. The lowest BCUT2D eigenvalue weighted by Crippen LogP contribution is -2.64. The van der Waals surface area contributed by atoms with Crippen LogP contribution in [0, 0.1) is 5.92 Å². The van der Waals surface area contributed by atoms with Gasteiger partial charge in [-0.15, -0.1) is 0 Å². The fraction of sp³-hybridized carbons (Fsp3) is 0.652. The van der Waals surface area contributed by atoms with Crippen LogP contribution in [0.5, 0.6) is 0 Å². The summed E-state index contributed by atoms with van der Waals surface area (Å²) in [6, 6.07) is -6.92. The fourth-order valence-electron chi connectivity index (χ4n) is 3.77. The van der Waals surface area contributed by atoms with Crippen molar-refractivity contribution in [3.8, 4) is 0 Å². The molecule has 0 aromatic heterocycles. The maximum atomic E-state index is 13.4. The van der Waals surface area contributed by atoms with Crippen LogP contribution in [-0.4, -0.2) is 89.1 Å². The third kappa shape index (κ3) is 11.4. The van der Waals surface area contributed by atoms with Crippen LogP contribution >= 0.6 is 0 Å². The summed E-state index contributed by atoms with van der Waals surface area (Å²) in [5.41, 5.74) is 10.9. The van der Waals surface area contributed by atoms with Gasteiger partial charge in [0.05, 0.1) is 12.1 Å². The van der Waals surface area contributed by atoms with Crippen molar-refractivity contribution in [3.63, 3.8) is 0 Å². The molecule has 0 saturated heterocycles. The van der Waals surface area contributed by atoms with E-state index in [4.69, 9.17) is 11.5 Å². The van der Waals surface area contributed by atoms with Crippen LogP contribution in [0.15, 0.2) is 4.99 Å². The molecule has 10 N–H and O–H groups in total. The largest absolute Gasteiger partial charge is 0.480 e. The molecule has 218 valence electrons. The van der Waals surface area contributed by atoms with Gasteiger partial charge in [0.1, 0.15) is 18.1 Å². The molecule has 16 heteroatoms. The van der Waals surface area contributed by atoms with Crippen molar-refractivity contribution in [2.24, 2.45) is 22.4 Å². The zero-order chi connectivity index (χ0) is 29.9. The van der Waals surface area contributed by atoms with Crippen molar-refractivity contribution >= 4 is 47.2 Å². The lowest BCUT2D eigenvalue weighted by Gasteiger charge is -2.32. The number of primary amides is 1. The summed E-state index contributed by atoms with van der Waals surface area (Å²) in [7, 11) is 0. The Kier molecular flexibility index (Phi) is 12.8. The van der Waals surface area contributed by atoms with Crippen LogP contribution in [0.2, 0.25) is 0 Å². The molecule has 1 rings (SSSR count). The number of nitrogens with one attached hydrogen (secondary N) is 5. The highest BCUT2D eigenvalue weighted by Gasteiger charge is 2.35. The molecule has 5 atom stereocenters. The van der Waals surface area contributed by atoms with E-state index in [1.165, 1.54) is 6.92 Å². The minimum atomic E-state index is -1.37. The Morgan fingerprint density at radius 2 is 1.64 bits per heavy atom. The number of ketones is 2. The van der Waals surface area contributed by atoms with E-state index >= 15 is 0 Å². The van der Waals surface area contributed by atoms with E-state index in [2.05, 4.69) is 31.6 Å². The van der Waals surface area contributed by atoms with Gasteiger partial charge in [0.15, 0.2) is 11.7 Å². The van der Waals surface area contributed by atoms with Crippen molar-refractivity contribution in [2.75, 3.05) is 6.54 Å². The Morgan fingerprint density at radius 1 is 1.00 bits per heavy atom. The Balaban J connectivity index is 3.16. The predicted molar refractivity (Wildman–Crippen MR) is 138 cm³/mol. The number of aliphatic imine (C=N–C) groups is 1. The van der Waals surface area contributed by atoms with Crippen molar-refractivity contribution in [2.45, 2.75) is 83.6 Å². The second-order valence-corrected chi connectivity index (χ2v) is 9.64. The average molecular weight is 555 g/mol. The van der Waals surface area contributed by atoms with Gasteiger partial charge in [-0.2, -0.15) is 0 Å². The van der Waals surface area contributed by atoms with Gasteiger partial charge in [-0.3, -0.25) is 29.0 Å². The molecule has 1 aliphatic rings. The summed E-state index contributed by atoms with van der Waals surface area (Å²) >= 11 is 0. The Labute approximate surface area is 225 Å². The molecule has 0 bridgehead atoms. The summed E-state index contributed by atoms with van der Waals surface area (Å²) in [5.74, 6) is -5.45. The number of carboxylic acid groups (broad SMARTS) is 1. The molecule has 39 heavy (non-hydrogen) atoms. The molecule has 0 aliphatic carbocycles. The van der Waals surface area contributed by atoms with E-state index in [1.807, 2.05) is 0 Å². The average Bonchev–Trinajstić information content (AvgIpc) is 2.83. The van der Waals surface area contributed by atoms with Gasteiger partial charge < -0.3 is 43.2 Å². The molecule has 1 aliphatic heterocycles. The van der Waals surface area contributed by atoms with Crippen LogP contribution in [0.4, 0.5) is 4.79 Å². The van der Waals surface area contributed by atoms with E-state index in [9.17, 15) is 38.7 Å². The second kappa shape index (κ2) is 15.2. The van der Waals surface area contributed by atoms with Crippen LogP contribution in [0.3, 0.4) is 0 Å². The van der Waals surface area contributed by atoms with Gasteiger partial charge in [0.25, 0.3) is 0 Å². The van der Waals surface area contributed by atoms with Crippen LogP contribution in [-0.2, 0) is 28.8 Å². The standard InChI is InChI=1S/C23H38N8O8/c1-10(2)9-15(21(37)38)30-23(39)31-17(13-7-8-26-22(25)29-13)20(36)28-14(5-6-16(24)33)19(35)27-11(3)18(34)12(4)32/h10-11,13-15,17H,5-9H2,1-4H3,(H2,24,33)(H,27,35)(H,28,36)(H,37,38)(H3,25,26,29)(H2,30,31,39). The highest BCUT2D eigenvalue weighted by atomic mass is 16.4. The smallest absolute Gasteiger partial charge is 0.326 e. The number of aliphatic carboxylic acids is 1. The molecule has 0 saturated carbocycles. The van der Waals surface area contributed by atoms with E-state index in [1.54, 1.807) is 13.8 Å². The first-order chi connectivity index (χ1) is 18.1. The van der Waals surface area contributed by atoms with Gasteiger partial charge in [-0.05, 0) is 32.1 Å². The summed E-state index contributed by atoms with van der Waals surface area (Å²) in [6.07, 6.45) is -0.171. The quantitative estimate of drug-likeness (QED) is 0.0966. The maximum Gasteiger partial charge on any atom is 0.326 e. The minimum Gasteiger partial charge on any atom is -0.480 e. The monoisotopic (exact) mass is 554 g/mol. The molecule has 16 nitrogen and oxygen atoms in total.